The lowest BCUT2D eigenvalue weighted by Crippen LogP contribution is -2.17. The molecule has 0 bridgehead atoms. The number of pyridine rings is 1. The third kappa shape index (κ3) is 2.72. The van der Waals surface area contributed by atoms with Crippen molar-refractivity contribution < 1.29 is 9.47 Å². The first-order valence-corrected chi connectivity index (χ1v) is 9.47. The predicted molar refractivity (Wildman–Crippen MR) is 108 cm³/mol. The van der Waals surface area contributed by atoms with Gasteiger partial charge in [0.15, 0.2) is 0 Å². The third-order valence-electron chi connectivity index (χ3n) is 5.43. The molecule has 6 heteroatoms. The van der Waals surface area contributed by atoms with Gasteiger partial charge in [-0.15, -0.1) is 0 Å². The van der Waals surface area contributed by atoms with Crippen LogP contribution in [-0.2, 0) is 11.2 Å². The summed E-state index contributed by atoms with van der Waals surface area (Å²) in [6, 6.07) is 14.3. The summed E-state index contributed by atoms with van der Waals surface area (Å²) in [5, 5.41) is 10.6. The number of rotatable bonds is 3. The molecule has 1 fully saturated rings. The smallest absolute Gasteiger partial charge is 0.144 e. The Morgan fingerprint density at radius 1 is 1.29 bits per heavy atom. The van der Waals surface area contributed by atoms with Crippen molar-refractivity contribution in [1.82, 2.24) is 4.98 Å². The first kappa shape index (κ1) is 16.8. The second-order valence-electron chi connectivity index (χ2n) is 7.17. The van der Waals surface area contributed by atoms with Crippen LogP contribution in [-0.4, -0.2) is 30.8 Å². The van der Waals surface area contributed by atoms with Crippen LogP contribution in [0.25, 0.3) is 10.9 Å². The fourth-order valence-corrected chi connectivity index (χ4v) is 4.05. The maximum absolute atomic E-state index is 9.71. The fraction of sp³-hybridized carbons (Fsp3) is 0.273. The van der Waals surface area contributed by atoms with E-state index < -0.39 is 0 Å². The number of hydrogen-bond acceptors (Lipinski definition) is 6. The Kier molecular flexibility index (Phi) is 4.03. The summed E-state index contributed by atoms with van der Waals surface area (Å²) >= 11 is 0. The van der Waals surface area contributed by atoms with E-state index >= 15 is 0 Å². The zero-order chi connectivity index (χ0) is 19.1. The Morgan fingerprint density at radius 3 is 3.00 bits per heavy atom. The number of nitrogen functional groups attached to an aromatic ring is 1. The highest BCUT2D eigenvalue weighted by Crippen LogP contribution is 2.41. The number of hydrogen-bond donors (Lipinski definition) is 1. The lowest BCUT2D eigenvalue weighted by atomic mass is 10.1. The topological polar surface area (TPSA) is 84.4 Å². The summed E-state index contributed by atoms with van der Waals surface area (Å²) in [6.45, 7) is 2.11. The maximum atomic E-state index is 9.71. The number of anilines is 3. The van der Waals surface area contributed by atoms with Gasteiger partial charge < -0.3 is 20.1 Å². The summed E-state index contributed by atoms with van der Waals surface area (Å²) in [7, 11) is 0. The monoisotopic (exact) mass is 372 g/mol. The highest BCUT2D eigenvalue weighted by atomic mass is 16.5. The van der Waals surface area contributed by atoms with Crippen LogP contribution in [0.2, 0.25) is 0 Å². The lowest BCUT2D eigenvalue weighted by Gasteiger charge is -2.23. The van der Waals surface area contributed by atoms with Gasteiger partial charge in [-0.1, -0.05) is 18.2 Å². The van der Waals surface area contributed by atoms with E-state index in [2.05, 4.69) is 28.1 Å². The first-order valence-electron chi connectivity index (χ1n) is 9.47. The van der Waals surface area contributed by atoms with Gasteiger partial charge in [0.05, 0.1) is 35.7 Å². The molecule has 28 heavy (non-hydrogen) atoms. The molecule has 2 aliphatic rings. The van der Waals surface area contributed by atoms with Gasteiger partial charge in [-0.3, -0.25) is 4.98 Å². The summed E-state index contributed by atoms with van der Waals surface area (Å²) in [5.41, 5.74) is 11.5. The molecule has 0 amide bonds. The second kappa shape index (κ2) is 6.70. The van der Waals surface area contributed by atoms with E-state index in [0.717, 1.165) is 41.7 Å². The van der Waals surface area contributed by atoms with Crippen molar-refractivity contribution in [3.63, 3.8) is 0 Å². The normalized spacial score (nSPS) is 18.2. The second-order valence-corrected chi connectivity index (χ2v) is 7.17. The molecule has 1 atom stereocenters. The summed E-state index contributed by atoms with van der Waals surface area (Å²) in [4.78, 5) is 6.70. The van der Waals surface area contributed by atoms with Gasteiger partial charge in [-0.25, -0.2) is 0 Å². The third-order valence-corrected chi connectivity index (χ3v) is 5.43. The minimum absolute atomic E-state index is 0.0167. The number of ether oxygens (including phenoxy) is 2. The molecule has 3 heterocycles. The Bertz CT molecular complexity index is 1100. The molecule has 2 aliphatic heterocycles. The zero-order valence-corrected chi connectivity index (χ0v) is 15.4. The molecule has 1 unspecified atom stereocenters. The highest BCUT2D eigenvalue weighted by molar-refractivity contribution is 6.00. The van der Waals surface area contributed by atoms with Crippen molar-refractivity contribution in [2.75, 3.05) is 30.4 Å². The molecule has 2 aromatic carbocycles. The van der Waals surface area contributed by atoms with Crippen LogP contribution in [0.4, 0.5) is 17.1 Å². The van der Waals surface area contributed by atoms with Gasteiger partial charge in [-0.2, -0.15) is 5.26 Å². The molecule has 0 radical (unpaired) electrons. The molecular formula is C22H20N4O2. The summed E-state index contributed by atoms with van der Waals surface area (Å²) in [6.07, 6.45) is 3.46. The van der Waals surface area contributed by atoms with E-state index in [1.54, 1.807) is 6.20 Å². The van der Waals surface area contributed by atoms with Crippen LogP contribution in [0.1, 0.15) is 17.5 Å². The molecule has 3 aromatic rings. The SMILES string of the molecule is N#Cc1cnc2cc(OC3CCOC3)c(N)cc2c1N1CCc2ccccc21. The van der Waals surface area contributed by atoms with Gasteiger partial charge in [0, 0.05) is 36.3 Å². The largest absolute Gasteiger partial charge is 0.486 e. The lowest BCUT2D eigenvalue weighted by molar-refractivity contribution is 0.142. The quantitative estimate of drug-likeness (QED) is 0.708. The zero-order valence-electron chi connectivity index (χ0n) is 15.4. The van der Waals surface area contributed by atoms with E-state index in [4.69, 9.17) is 15.2 Å². The predicted octanol–water partition coefficient (Wildman–Crippen LogP) is 3.55. The van der Waals surface area contributed by atoms with Crippen molar-refractivity contribution in [2.24, 2.45) is 0 Å². The minimum atomic E-state index is 0.0167. The van der Waals surface area contributed by atoms with Crippen molar-refractivity contribution in [2.45, 2.75) is 18.9 Å². The average Bonchev–Trinajstić information content (AvgIpc) is 3.37. The van der Waals surface area contributed by atoms with E-state index in [0.29, 0.717) is 30.2 Å². The van der Waals surface area contributed by atoms with Gasteiger partial charge in [0.1, 0.15) is 17.9 Å². The van der Waals surface area contributed by atoms with Crippen LogP contribution in [0, 0.1) is 11.3 Å². The molecule has 1 aromatic heterocycles. The first-order chi connectivity index (χ1) is 13.7. The van der Waals surface area contributed by atoms with Gasteiger partial charge in [0.25, 0.3) is 0 Å². The van der Waals surface area contributed by atoms with E-state index in [9.17, 15) is 5.26 Å². The van der Waals surface area contributed by atoms with E-state index in [1.165, 1.54) is 5.56 Å². The van der Waals surface area contributed by atoms with Crippen LogP contribution in [0.15, 0.2) is 42.6 Å². The minimum Gasteiger partial charge on any atom is -0.486 e. The van der Waals surface area contributed by atoms with Crippen LogP contribution < -0.4 is 15.4 Å². The van der Waals surface area contributed by atoms with Crippen LogP contribution in [0.3, 0.4) is 0 Å². The maximum Gasteiger partial charge on any atom is 0.144 e. The van der Waals surface area contributed by atoms with Gasteiger partial charge in [-0.05, 0) is 24.1 Å². The Labute approximate surface area is 163 Å². The Hall–Kier alpha value is -3.30. The molecule has 0 aliphatic carbocycles. The standard InChI is InChI=1S/C22H20N4O2/c23-11-15-12-25-19-10-21(28-16-6-8-27-13-16)18(24)9-17(19)22(15)26-7-5-14-3-1-2-4-20(14)26/h1-4,9-10,12,16H,5-8,13,24H2. The number of fused-ring (bicyclic) bond motifs is 2. The summed E-state index contributed by atoms with van der Waals surface area (Å²) < 4.78 is 11.4. The number of nitriles is 1. The van der Waals surface area contributed by atoms with E-state index in [1.807, 2.05) is 24.3 Å². The van der Waals surface area contributed by atoms with Crippen LogP contribution in [0.5, 0.6) is 5.75 Å². The Morgan fingerprint density at radius 2 is 2.18 bits per heavy atom. The molecule has 5 rings (SSSR count). The van der Waals surface area contributed by atoms with Gasteiger partial charge >= 0.3 is 0 Å². The average molecular weight is 372 g/mol. The molecule has 0 spiro atoms. The van der Waals surface area contributed by atoms with Crippen molar-refractivity contribution >= 4 is 28.0 Å². The van der Waals surface area contributed by atoms with E-state index in [-0.39, 0.29) is 6.10 Å². The number of benzene rings is 2. The summed E-state index contributed by atoms with van der Waals surface area (Å²) in [5.74, 6) is 0.618. The molecule has 0 saturated carbocycles. The number of para-hydroxylation sites is 1. The van der Waals surface area contributed by atoms with Crippen molar-refractivity contribution in [3.05, 3.63) is 53.7 Å². The molecule has 140 valence electrons. The fourth-order valence-electron chi connectivity index (χ4n) is 4.05. The molecule has 1 saturated heterocycles. The Balaban J connectivity index is 1.64. The number of nitrogens with zero attached hydrogens (tertiary/aromatic N) is 3. The van der Waals surface area contributed by atoms with Gasteiger partial charge in [0.2, 0.25) is 0 Å². The molecule has 6 nitrogen and oxygen atoms in total. The van der Waals surface area contributed by atoms with Crippen molar-refractivity contribution in [3.8, 4) is 11.8 Å². The molecule has 2 N–H and O–H groups in total. The number of aromatic nitrogens is 1. The molecular weight excluding hydrogens is 352 g/mol. The number of nitrogens with two attached hydrogens (primary N) is 1. The highest BCUT2D eigenvalue weighted by Gasteiger charge is 2.25. The van der Waals surface area contributed by atoms with Crippen LogP contribution >= 0.6 is 0 Å². The van der Waals surface area contributed by atoms with Crippen molar-refractivity contribution in [1.29, 1.82) is 5.26 Å².